The normalized spacial score (nSPS) is 15.1. The molecule has 0 saturated heterocycles. The molecule has 2 unspecified atom stereocenters. The highest BCUT2D eigenvalue weighted by atomic mass is 16.5. The van der Waals surface area contributed by atoms with E-state index in [1.165, 1.54) is 7.11 Å². The maximum absolute atomic E-state index is 11.3. The van der Waals surface area contributed by atoms with E-state index in [9.17, 15) is 15.0 Å². The molecule has 5 nitrogen and oxygen atoms in total. The van der Waals surface area contributed by atoms with E-state index in [0.717, 1.165) is 5.56 Å². The molecular weight excluding hydrogens is 272 g/mol. The van der Waals surface area contributed by atoms with Gasteiger partial charge in [-0.3, -0.25) is 4.79 Å². The van der Waals surface area contributed by atoms with Crippen LogP contribution in [0.3, 0.4) is 0 Å². The van der Waals surface area contributed by atoms with Gasteiger partial charge in [0, 0.05) is 6.42 Å². The van der Waals surface area contributed by atoms with Crippen LogP contribution in [0.15, 0.2) is 18.2 Å². The molecule has 0 aliphatic rings. The molecule has 0 aliphatic carbocycles. The Morgan fingerprint density at radius 1 is 1.29 bits per heavy atom. The zero-order valence-corrected chi connectivity index (χ0v) is 13.0. The van der Waals surface area contributed by atoms with Gasteiger partial charge < -0.3 is 19.7 Å². The number of aliphatic hydroxyl groups is 1. The number of aliphatic carboxylic acids is 1. The second-order valence-corrected chi connectivity index (χ2v) is 5.40. The summed E-state index contributed by atoms with van der Waals surface area (Å²) in [6, 6.07) is 5.32. The molecule has 5 heteroatoms. The highest BCUT2D eigenvalue weighted by Crippen LogP contribution is 2.31. The fraction of sp³-hybridized carbons (Fsp3) is 0.562. The van der Waals surface area contributed by atoms with Crippen LogP contribution in [0.2, 0.25) is 0 Å². The fourth-order valence-corrected chi connectivity index (χ4v) is 2.52. The standard InChI is InChI=1S/C16H24O5/c1-5-6-12(15(17)18)16(2,19)10-11-7-8-13(20-3)14(9-11)21-4/h7-9,12,19H,5-6,10H2,1-4H3,(H,17,18). The lowest BCUT2D eigenvalue weighted by molar-refractivity contribution is -0.151. The van der Waals surface area contributed by atoms with E-state index in [1.54, 1.807) is 32.2 Å². The molecule has 0 fully saturated rings. The number of hydrogen-bond acceptors (Lipinski definition) is 4. The van der Waals surface area contributed by atoms with Crippen molar-refractivity contribution >= 4 is 5.97 Å². The van der Waals surface area contributed by atoms with Gasteiger partial charge in [-0.05, 0) is 31.0 Å². The van der Waals surface area contributed by atoms with Crippen LogP contribution in [0.1, 0.15) is 32.3 Å². The van der Waals surface area contributed by atoms with Crippen molar-refractivity contribution in [2.45, 2.75) is 38.7 Å². The molecule has 1 rings (SSSR count). The van der Waals surface area contributed by atoms with Crippen LogP contribution in [-0.2, 0) is 11.2 Å². The van der Waals surface area contributed by atoms with Crippen molar-refractivity contribution in [2.75, 3.05) is 14.2 Å². The van der Waals surface area contributed by atoms with Gasteiger partial charge in [-0.25, -0.2) is 0 Å². The van der Waals surface area contributed by atoms with Crippen molar-refractivity contribution < 1.29 is 24.5 Å². The summed E-state index contributed by atoms with van der Waals surface area (Å²) in [7, 11) is 3.09. The zero-order valence-electron chi connectivity index (χ0n) is 13.0. The van der Waals surface area contributed by atoms with Gasteiger partial charge in [0.2, 0.25) is 0 Å². The number of carboxylic acids is 1. The monoisotopic (exact) mass is 296 g/mol. The minimum absolute atomic E-state index is 0.240. The molecule has 0 bridgehead atoms. The molecule has 0 heterocycles. The summed E-state index contributed by atoms with van der Waals surface area (Å²) in [6.07, 6.45) is 1.39. The third kappa shape index (κ3) is 4.36. The number of carboxylic acid groups (broad SMARTS) is 1. The lowest BCUT2D eigenvalue weighted by atomic mass is 9.81. The Hall–Kier alpha value is -1.75. The third-order valence-corrected chi connectivity index (χ3v) is 3.64. The summed E-state index contributed by atoms with van der Waals surface area (Å²) in [5.41, 5.74) is -0.512. The maximum Gasteiger partial charge on any atom is 0.309 e. The van der Waals surface area contributed by atoms with E-state index in [2.05, 4.69) is 0 Å². The number of rotatable bonds is 8. The van der Waals surface area contributed by atoms with Crippen molar-refractivity contribution in [2.24, 2.45) is 5.92 Å². The van der Waals surface area contributed by atoms with E-state index in [1.807, 2.05) is 6.92 Å². The van der Waals surface area contributed by atoms with Gasteiger partial charge in [-0.15, -0.1) is 0 Å². The van der Waals surface area contributed by atoms with Gasteiger partial charge in [-0.1, -0.05) is 19.4 Å². The molecule has 0 aliphatic heterocycles. The van der Waals surface area contributed by atoms with Gasteiger partial charge in [0.15, 0.2) is 11.5 Å². The summed E-state index contributed by atoms with van der Waals surface area (Å²) in [6.45, 7) is 3.47. The highest BCUT2D eigenvalue weighted by Gasteiger charge is 2.36. The number of carbonyl (C=O) groups is 1. The summed E-state index contributed by atoms with van der Waals surface area (Å²) in [4.78, 5) is 11.3. The predicted octanol–water partition coefficient (Wildman–Crippen LogP) is 2.50. The molecule has 0 saturated carbocycles. The van der Waals surface area contributed by atoms with E-state index < -0.39 is 17.5 Å². The number of ether oxygens (including phenoxy) is 2. The number of hydrogen-bond donors (Lipinski definition) is 2. The Labute approximate surface area is 125 Å². The summed E-state index contributed by atoms with van der Waals surface area (Å²) < 4.78 is 10.4. The van der Waals surface area contributed by atoms with E-state index in [0.29, 0.717) is 24.3 Å². The van der Waals surface area contributed by atoms with Crippen molar-refractivity contribution in [1.82, 2.24) is 0 Å². The molecule has 118 valence electrons. The van der Waals surface area contributed by atoms with Crippen molar-refractivity contribution in [3.05, 3.63) is 23.8 Å². The van der Waals surface area contributed by atoms with Gasteiger partial charge >= 0.3 is 5.97 Å². The molecule has 0 aromatic heterocycles. The first-order valence-electron chi connectivity index (χ1n) is 7.01. The first kappa shape index (κ1) is 17.3. The van der Waals surface area contributed by atoms with Gasteiger partial charge in [0.25, 0.3) is 0 Å². The van der Waals surface area contributed by atoms with Crippen LogP contribution in [-0.4, -0.2) is 36.0 Å². The number of benzene rings is 1. The SMILES string of the molecule is CCCC(C(=O)O)C(C)(O)Cc1ccc(OC)c(OC)c1. The second kappa shape index (κ2) is 7.31. The van der Waals surface area contributed by atoms with Crippen LogP contribution in [0.25, 0.3) is 0 Å². The first-order chi connectivity index (χ1) is 9.85. The lowest BCUT2D eigenvalue weighted by Crippen LogP contribution is -2.41. The Balaban J connectivity index is 2.99. The van der Waals surface area contributed by atoms with Crippen LogP contribution in [0, 0.1) is 5.92 Å². The van der Waals surface area contributed by atoms with Gasteiger partial charge in [0.05, 0.1) is 25.7 Å². The highest BCUT2D eigenvalue weighted by molar-refractivity contribution is 5.71. The van der Waals surface area contributed by atoms with Crippen molar-refractivity contribution in [3.8, 4) is 11.5 Å². The Morgan fingerprint density at radius 2 is 1.90 bits per heavy atom. The predicted molar refractivity (Wildman–Crippen MR) is 79.9 cm³/mol. The van der Waals surface area contributed by atoms with Crippen LogP contribution < -0.4 is 9.47 Å². The van der Waals surface area contributed by atoms with Crippen LogP contribution in [0.5, 0.6) is 11.5 Å². The minimum Gasteiger partial charge on any atom is -0.493 e. The fourth-order valence-electron chi connectivity index (χ4n) is 2.52. The zero-order chi connectivity index (χ0) is 16.0. The molecule has 0 radical (unpaired) electrons. The topological polar surface area (TPSA) is 76.0 Å². The molecule has 2 N–H and O–H groups in total. The summed E-state index contributed by atoms with van der Waals surface area (Å²) in [5, 5.41) is 19.9. The Bertz CT molecular complexity index is 482. The van der Waals surface area contributed by atoms with E-state index in [-0.39, 0.29) is 6.42 Å². The summed E-state index contributed by atoms with van der Waals surface area (Å²) in [5.74, 6) is -0.602. The van der Waals surface area contributed by atoms with Gasteiger partial charge in [-0.2, -0.15) is 0 Å². The smallest absolute Gasteiger partial charge is 0.309 e. The second-order valence-electron chi connectivity index (χ2n) is 5.40. The minimum atomic E-state index is -1.32. The van der Waals surface area contributed by atoms with Crippen LogP contribution >= 0.6 is 0 Å². The molecule has 1 aromatic rings. The van der Waals surface area contributed by atoms with Crippen LogP contribution in [0.4, 0.5) is 0 Å². The largest absolute Gasteiger partial charge is 0.493 e. The molecule has 0 amide bonds. The Kier molecular flexibility index (Phi) is 6.03. The molecular formula is C16H24O5. The Morgan fingerprint density at radius 3 is 2.38 bits per heavy atom. The lowest BCUT2D eigenvalue weighted by Gasteiger charge is -2.30. The maximum atomic E-state index is 11.3. The van der Waals surface area contributed by atoms with Gasteiger partial charge in [0.1, 0.15) is 0 Å². The quantitative estimate of drug-likeness (QED) is 0.771. The molecule has 2 atom stereocenters. The van der Waals surface area contributed by atoms with E-state index in [4.69, 9.17) is 9.47 Å². The first-order valence-corrected chi connectivity index (χ1v) is 7.01. The molecule has 1 aromatic carbocycles. The average molecular weight is 296 g/mol. The summed E-state index contributed by atoms with van der Waals surface area (Å²) >= 11 is 0. The molecule has 21 heavy (non-hydrogen) atoms. The third-order valence-electron chi connectivity index (χ3n) is 3.64. The average Bonchev–Trinajstić information content (AvgIpc) is 2.43. The van der Waals surface area contributed by atoms with Crippen molar-refractivity contribution in [3.63, 3.8) is 0 Å². The van der Waals surface area contributed by atoms with Crippen molar-refractivity contribution in [1.29, 1.82) is 0 Å². The number of methoxy groups -OCH3 is 2. The molecule has 0 spiro atoms. The van der Waals surface area contributed by atoms with E-state index >= 15 is 0 Å².